The summed E-state index contributed by atoms with van der Waals surface area (Å²) in [4.78, 5) is 13.0. The van der Waals surface area contributed by atoms with Crippen LogP contribution in [0.1, 0.15) is 19.8 Å². The predicted octanol–water partition coefficient (Wildman–Crippen LogP) is 2.25. The van der Waals surface area contributed by atoms with Crippen molar-refractivity contribution in [2.45, 2.75) is 25.8 Å². The van der Waals surface area contributed by atoms with Gasteiger partial charge in [0.25, 0.3) is 0 Å². The molecule has 0 saturated carbocycles. The van der Waals surface area contributed by atoms with E-state index in [1.165, 1.54) is 6.07 Å². The Hall–Kier alpha value is -1.58. The van der Waals surface area contributed by atoms with E-state index in [-0.39, 0.29) is 17.8 Å². The number of para-hydroxylation sites is 1. The number of rotatable bonds is 2. The quantitative estimate of drug-likeness (QED) is 0.854. The van der Waals surface area contributed by atoms with Crippen LogP contribution in [0.4, 0.5) is 10.1 Å². The molecule has 0 aliphatic carbocycles. The molecule has 17 heavy (non-hydrogen) atoms. The first-order chi connectivity index (χ1) is 8.16. The summed E-state index contributed by atoms with van der Waals surface area (Å²) in [7, 11) is 0. The molecule has 92 valence electrons. The molecule has 1 aliphatic heterocycles. The highest BCUT2D eigenvalue weighted by Crippen LogP contribution is 2.19. The van der Waals surface area contributed by atoms with Crippen LogP contribution in [0.2, 0.25) is 0 Å². The zero-order valence-electron chi connectivity index (χ0n) is 9.95. The molecule has 1 aromatic carbocycles. The largest absolute Gasteiger partial charge is 0.380 e. The highest BCUT2D eigenvalue weighted by atomic mass is 19.1. The number of piperidine rings is 1. The summed E-state index contributed by atoms with van der Waals surface area (Å²) in [5.41, 5.74) is 0.550. The minimum absolute atomic E-state index is 0.120. The van der Waals surface area contributed by atoms with Crippen LogP contribution in [0.25, 0.3) is 0 Å². The molecule has 0 bridgehead atoms. The maximum absolute atomic E-state index is 13.4. The molecule has 1 saturated heterocycles. The second-order valence-electron chi connectivity index (χ2n) is 4.40. The Morgan fingerprint density at radius 1 is 1.35 bits per heavy atom. The Morgan fingerprint density at radius 3 is 2.59 bits per heavy atom. The summed E-state index contributed by atoms with van der Waals surface area (Å²) in [5, 5.41) is 3.20. The molecular formula is C13H17FN2O. The van der Waals surface area contributed by atoms with Gasteiger partial charge >= 0.3 is 0 Å². The van der Waals surface area contributed by atoms with Crippen molar-refractivity contribution in [3.8, 4) is 0 Å². The highest BCUT2D eigenvalue weighted by Gasteiger charge is 2.20. The number of likely N-dealkylation sites (tertiary alicyclic amines) is 1. The molecule has 1 amide bonds. The van der Waals surface area contributed by atoms with E-state index in [1.807, 2.05) is 11.0 Å². The summed E-state index contributed by atoms with van der Waals surface area (Å²) < 4.78 is 13.4. The monoisotopic (exact) mass is 236 g/mol. The van der Waals surface area contributed by atoms with Crippen molar-refractivity contribution in [3.63, 3.8) is 0 Å². The molecule has 0 unspecified atom stereocenters. The smallest absolute Gasteiger partial charge is 0.219 e. The van der Waals surface area contributed by atoms with Crippen LogP contribution in [0.3, 0.4) is 0 Å². The third-order valence-corrected chi connectivity index (χ3v) is 3.17. The van der Waals surface area contributed by atoms with Gasteiger partial charge in [0, 0.05) is 26.1 Å². The van der Waals surface area contributed by atoms with Crippen LogP contribution in [0, 0.1) is 5.82 Å². The van der Waals surface area contributed by atoms with Gasteiger partial charge in [0.2, 0.25) is 5.91 Å². The van der Waals surface area contributed by atoms with Crippen LogP contribution in [-0.4, -0.2) is 29.9 Å². The number of nitrogens with zero attached hydrogens (tertiary/aromatic N) is 1. The third kappa shape index (κ3) is 2.96. The molecule has 1 N–H and O–H groups in total. The van der Waals surface area contributed by atoms with Crippen molar-refractivity contribution in [1.82, 2.24) is 4.90 Å². The van der Waals surface area contributed by atoms with Gasteiger partial charge in [-0.05, 0) is 25.0 Å². The van der Waals surface area contributed by atoms with E-state index < -0.39 is 0 Å². The average molecular weight is 236 g/mol. The molecule has 0 atom stereocenters. The van der Waals surface area contributed by atoms with Crippen molar-refractivity contribution in [3.05, 3.63) is 30.1 Å². The molecule has 1 aliphatic rings. The van der Waals surface area contributed by atoms with Crippen LogP contribution < -0.4 is 5.32 Å². The summed E-state index contributed by atoms with van der Waals surface area (Å²) in [6.07, 6.45) is 1.74. The van der Waals surface area contributed by atoms with Crippen molar-refractivity contribution in [1.29, 1.82) is 0 Å². The molecule has 1 aromatic rings. The molecular weight excluding hydrogens is 219 g/mol. The molecule has 1 heterocycles. The standard InChI is InChI=1S/C13H17FN2O/c1-10(17)16-8-6-11(7-9-16)15-13-5-3-2-4-12(13)14/h2-5,11,15H,6-9H2,1H3. The molecule has 2 rings (SSSR count). The molecule has 0 radical (unpaired) electrons. The Bertz CT molecular complexity index is 400. The molecule has 1 fully saturated rings. The van der Waals surface area contributed by atoms with Gasteiger partial charge in [0.05, 0.1) is 5.69 Å². The number of nitrogens with one attached hydrogen (secondary N) is 1. The molecule has 0 spiro atoms. The molecule has 3 nitrogen and oxygen atoms in total. The second-order valence-corrected chi connectivity index (χ2v) is 4.40. The average Bonchev–Trinajstić information content (AvgIpc) is 2.33. The van der Waals surface area contributed by atoms with Crippen LogP contribution >= 0.6 is 0 Å². The summed E-state index contributed by atoms with van der Waals surface area (Å²) in [6, 6.07) is 6.94. The summed E-state index contributed by atoms with van der Waals surface area (Å²) >= 11 is 0. The van der Waals surface area contributed by atoms with Gasteiger partial charge in [0.15, 0.2) is 0 Å². The van der Waals surface area contributed by atoms with Gasteiger partial charge < -0.3 is 10.2 Å². The fourth-order valence-electron chi connectivity index (χ4n) is 2.14. The number of halogens is 1. The number of carbonyl (C=O) groups excluding carboxylic acids is 1. The van der Waals surface area contributed by atoms with Crippen molar-refractivity contribution >= 4 is 11.6 Å². The first-order valence-electron chi connectivity index (χ1n) is 5.93. The fourth-order valence-corrected chi connectivity index (χ4v) is 2.14. The molecule has 0 aromatic heterocycles. The number of carbonyl (C=O) groups is 1. The normalized spacial score (nSPS) is 16.9. The minimum atomic E-state index is -0.221. The Morgan fingerprint density at radius 2 is 2.00 bits per heavy atom. The third-order valence-electron chi connectivity index (χ3n) is 3.17. The highest BCUT2D eigenvalue weighted by molar-refractivity contribution is 5.73. The molecule has 4 heteroatoms. The van der Waals surface area contributed by atoms with Crippen molar-refractivity contribution in [2.24, 2.45) is 0 Å². The fraction of sp³-hybridized carbons (Fsp3) is 0.462. The van der Waals surface area contributed by atoms with Gasteiger partial charge in [-0.3, -0.25) is 4.79 Å². The number of amides is 1. The summed E-state index contributed by atoms with van der Waals surface area (Å²) in [5.74, 6) is -0.101. The zero-order chi connectivity index (χ0) is 12.3. The second kappa shape index (κ2) is 5.17. The van der Waals surface area contributed by atoms with Crippen LogP contribution in [0.15, 0.2) is 24.3 Å². The van der Waals surface area contributed by atoms with Gasteiger partial charge in [-0.2, -0.15) is 0 Å². The SMILES string of the molecule is CC(=O)N1CCC(Nc2ccccc2F)CC1. The van der Waals surface area contributed by atoms with E-state index in [4.69, 9.17) is 0 Å². The van der Waals surface area contributed by atoms with Crippen molar-refractivity contribution in [2.75, 3.05) is 18.4 Å². The van der Waals surface area contributed by atoms with E-state index in [0.717, 1.165) is 25.9 Å². The maximum Gasteiger partial charge on any atom is 0.219 e. The van der Waals surface area contributed by atoms with E-state index in [2.05, 4.69) is 5.32 Å². The van der Waals surface area contributed by atoms with Gasteiger partial charge in [-0.1, -0.05) is 12.1 Å². The number of hydrogen-bond acceptors (Lipinski definition) is 2. The lowest BCUT2D eigenvalue weighted by atomic mass is 10.0. The Kier molecular flexibility index (Phi) is 3.61. The number of benzene rings is 1. The van der Waals surface area contributed by atoms with E-state index in [9.17, 15) is 9.18 Å². The number of anilines is 1. The first kappa shape index (κ1) is 11.9. The predicted molar refractivity (Wildman–Crippen MR) is 65.3 cm³/mol. The van der Waals surface area contributed by atoms with E-state index >= 15 is 0 Å². The lowest BCUT2D eigenvalue weighted by Crippen LogP contribution is -2.41. The van der Waals surface area contributed by atoms with Crippen LogP contribution in [0.5, 0.6) is 0 Å². The van der Waals surface area contributed by atoms with Crippen molar-refractivity contribution < 1.29 is 9.18 Å². The lowest BCUT2D eigenvalue weighted by Gasteiger charge is -2.32. The summed E-state index contributed by atoms with van der Waals surface area (Å²) in [6.45, 7) is 3.09. The lowest BCUT2D eigenvalue weighted by molar-refractivity contribution is -0.129. The van der Waals surface area contributed by atoms with Gasteiger partial charge in [-0.15, -0.1) is 0 Å². The van der Waals surface area contributed by atoms with E-state index in [1.54, 1.807) is 19.1 Å². The van der Waals surface area contributed by atoms with E-state index in [0.29, 0.717) is 5.69 Å². The Balaban J connectivity index is 1.90. The van der Waals surface area contributed by atoms with Crippen LogP contribution in [-0.2, 0) is 4.79 Å². The first-order valence-corrected chi connectivity index (χ1v) is 5.93. The maximum atomic E-state index is 13.4. The minimum Gasteiger partial charge on any atom is -0.380 e. The number of hydrogen-bond donors (Lipinski definition) is 1. The topological polar surface area (TPSA) is 32.3 Å². The Labute approximate surface area is 101 Å². The van der Waals surface area contributed by atoms with Gasteiger partial charge in [0.1, 0.15) is 5.82 Å². The zero-order valence-corrected chi connectivity index (χ0v) is 9.95. The van der Waals surface area contributed by atoms with Gasteiger partial charge in [-0.25, -0.2) is 4.39 Å².